The largest absolute Gasteiger partial charge is 0.458 e. The quantitative estimate of drug-likeness (QED) is 0.441. The molecule has 1 aliphatic heterocycles. The summed E-state index contributed by atoms with van der Waals surface area (Å²) >= 11 is 0. The van der Waals surface area contributed by atoms with Crippen LogP contribution in [0, 0.1) is 45.3 Å². The number of ether oxygens (including phenoxy) is 1. The number of fused-ring (bicyclic) bond motifs is 9. The Bertz CT molecular complexity index is 1050. The van der Waals surface area contributed by atoms with E-state index in [2.05, 4.69) is 40.7 Å². The highest BCUT2D eigenvalue weighted by Gasteiger charge is 2.75. The van der Waals surface area contributed by atoms with E-state index in [9.17, 15) is 19.5 Å². The molecule has 9 atom stereocenters. The van der Waals surface area contributed by atoms with E-state index < -0.39 is 23.0 Å². The summed E-state index contributed by atoms with van der Waals surface area (Å²) in [4.78, 5) is 39.9. The highest BCUT2D eigenvalue weighted by atomic mass is 16.6. The number of hydrogen-bond acceptors (Lipinski definition) is 5. The highest BCUT2D eigenvalue weighted by molar-refractivity contribution is 6.01. The number of esters is 1. The van der Waals surface area contributed by atoms with Gasteiger partial charge in [0.25, 0.3) is 0 Å². The van der Waals surface area contributed by atoms with Crippen molar-refractivity contribution in [2.24, 2.45) is 45.3 Å². The smallest absolute Gasteiger partial charge is 0.309 e. The molecule has 2 bridgehead atoms. The van der Waals surface area contributed by atoms with Gasteiger partial charge in [0, 0.05) is 29.1 Å². The van der Waals surface area contributed by atoms with Gasteiger partial charge in [-0.2, -0.15) is 0 Å². The molecule has 5 rings (SSSR count). The first-order chi connectivity index (χ1) is 16.2. The molecule has 4 aliphatic carbocycles. The zero-order chi connectivity index (χ0) is 25.7. The number of carbonyl (C=O) groups excluding carboxylic acids is 3. The normalized spacial score (nSPS) is 47.8. The second kappa shape index (κ2) is 7.63. The van der Waals surface area contributed by atoms with Crippen molar-refractivity contribution in [3.05, 3.63) is 23.3 Å². The van der Waals surface area contributed by atoms with Gasteiger partial charge in [0.15, 0.2) is 5.78 Å². The van der Waals surface area contributed by atoms with Crippen LogP contribution in [-0.2, 0) is 19.1 Å². The van der Waals surface area contributed by atoms with Crippen LogP contribution in [0.2, 0.25) is 0 Å². The highest BCUT2D eigenvalue weighted by Crippen LogP contribution is 2.74. The molecule has 5 aliphatic rings. The van der Waals surface area contributed by atoms with Gasteiger partial charge in [0.1, 0.15) is 11.9 Å². The summed E-state index contributed by atoms with van der Waals surface area (Å²) in [5, 5.41) is 11.6. The Kier molecular flexibility index (Phi) is 5.43. The summed E-state index contributed by atoms with van der Waals surface area (Å²) in [5.74, 6) is -0.696. The van der Waals surface area contributed by atoms with Crippen LogP contribution < -0.4 is 0 Å². The third-order valence-corrected chi connectivity index (χ3v) is 11.5. The molecule has 0 aromatic carbocycles. The van der Waals surface area contributed by atoms with Crippen LogP contribution in [0.1, 0.15) is 87.0 Å². The molecule has 0 spiro atoms. The maximum absolute atomic E-state index is 13.8. The lowest BCUT2D eigenvalue weighted by Gasteiger charge is -2.62. The molecule has 0 amide bonds. The molecule has 0 radical (unpaired) electrons. The third kappa shape index (κ3) is 3.00. The molecule has 192 valence electrons. The lowest BCUT2D eigenvalue weighted by Crippen LogP contribution is -2.60. The van der Waals surface area contributed by atoms with Crippen molar-refractivity contribution in [3.8, 4) is 0 Å². The van der Waals surface area contributed by atoms with Crippen LogP contribution >= 0.6 is 0 Å². The Hall–Kier alpha value is -1.75. The Morgan fingerprint density at radius 2 is 1.80 bits per heavy atom. The fourth-order valence-corrected chi connectivity index (χ4v) is 9.60. The zero-order valence-electron chi connectivity index (χ0n) is 22.4. The molecule has 1 unspecified atom stereocenters. The van der Waals surface area contributed by atoms with Gasteiger partial charge in [-0.1, -0.05) is 51.8 Å². The minimum Gasteiger partial charge on any atom is -0.458 e. The van der Waals surface area contributed by atoms with E-state index >= 15 is 0 Å². The van der Waals surface area contributed by atoms with Crippen molar-refractivity contribution in [3.63, 3.8) is 0 Å². The molecule has 1 heterocycles. The molecule has 3 saturated carbocycles. The number of ketones is 2. The monoisotopic (exact) mass is 482 g/mol. The Balaban J connectivity index is 1.60. The minimum absolute atomic E-state index is 0.0321. The fourth-order valence-electron chi connectivity index (χ4n) is 9.60. The lowest BCUT2D eigenvalue weighted by molar-refractivity contribution is -0.178. The van der Waals surface area contributed by atoms with Crippen LogP contribution in [0.4, 0.5) is 0 Å². The molecule has 1 saturated heterocycles. The summed E-state index contributed by atoms with van der Waals surface area (Å²) in [7, 11) is 0. The maximum atomic E-state index is 13.8. The van der Waals surface area contributed by atoms with E-state index in [-0.39, 0.29) is 52.0 Å². The van der Waals surface area contributed by atoms with Crippen molar-refractivity contribution < 1.29 is 24.2 Å². The number of carbonyl (C=O) groups is 3. The van der Waals surface area contributed by atoms with Crippen LogP contribution in [-0.4, -0.2) is 34.9 Å². The average molecular weight is 483 g/mol. The first-order valence-electron chi connectivity index (χ1n) is 13.5. The number of Topliss-reactive ketones (excluding diaryl/α,β-unsaturated/α-hetero) is 1. The van der Waals surface area contributed by atoms with Crippen LogP contribution in [0.5, 0.6) is 0 Å². The van der Waals surface area contributed by atoms with Crippen LogP contribution in [0.25, 0.3) is 0 Å². The third-order valence-electron chi connectivity index (χ3n) is 11.5. The average Bonchev–Trinajstić information content (AvgIpc) is 2.87. The molecule has 35 heavy (non-hydrogen) atoms. The summed E-state index contributed by atoms with van der Waals surface area (Å²) in [6.45, 7) is 14.6. The Morgan fingerprint density at radius 1 is 1.11 bits per heavy atom. The summed E-state index contributed by atoms with van der Waals surface area (Å²) in [6, 6.07) is 0. The van der Waals surface area contributed by atoms with Gasteiger partial charge in [-0.15, -0.1) is 0 Å². The lowest BCUT2D eigenvalue weighted by atomic mass is 9.40. The van der Waals surface area contributed by atoms with E-state index in [0.717, 1.165) is 24.8 Å². The van der Waals surface area contributed by atoms with Crippen molar-refractivity contribution in [1.29, 1.82) is 0 Å². The van der Waals surface area contributed by atoms with Gasteiger partial charge in [0.05, 0.1) is 12.0 Å². The summed E-state index contributed by atoms with van der Waals surface area (Å²) in [5.41, 5.74) is 0.349. The number of aliphatic hydroxyl groups is 1. The topological polar surface area (TPSA) is 80.7 Å². The first kappa shape index (κ1) is 24.9. The second-order valence-electron chi connectivity index (χ2n) is 13.6. The predicted octanol–water partition coefficient (Wildman–Crippen LogP) is 5.21. The molecular weight excluding hydrogens is 440 g/mol. The maximum Gasteiger partial charge on any atom is 0.309 e. The van der Waals surface area contributed by atoms with Crippen molar-refractivity contribution >= 4 is 17.5 Å². The number of hydrogen-bond donors (Lipinski definition) is 1. The number of rotatable bonds is 3. The molecule has 0 aromatic rings. The molecule has 4 fully saturated rings. The van der Waals surface area contributed by atoms with Gasteiger partial charge < -0.3 is 9.84 Å². The second-order valence-corrected chi connectivity index (χ2v) is 13.6. The number of allylic oxidation sites excluding steroid dienone is 3. The van der Waals surface area contributed by atoms with E-state index in [1.807, 2.05) is 19.9 Å². The molecule has 5 heteroatoms. The van der Waals surface area contributed by atoms with Crippen molar-refractivity contribution in [2.45, 2.75) is 99.2 Å². The number of aliphatic hydroxyl groups excluding tert-OH is 1. The Labute approximate surface area is 209 Å². The molecule has 5 nitrogen and oxygen atoms in total. The van der Waals surface area contributed by atoms with Crippen LogP contribution in [0.15, 0.2) is 23.3 Å². The summed E-state index contributed by atoms with van der Waals surface area (Å²) in [6.07, 6.45) is 7.05. The van der Waals surface area contributed by atoms with Crippen LogP contribution in [0.3, 0.4) is 0 Å². The first-order valence-corrected chi connectivity index (χ1v) is 13.5. The Morgan fingerprint density at radius 3 is 2.46 bits per heavy atom. The van der Waals surface area contributed by atoms with E-state index in [4.69, 9.17) is 4.74 Å². The standard InChI is InChI=1S/C30H42O5/c1-16(2)9-8-10-17-22-23(33)25(35-26(17)34)30(7)19-15-20(31)24-27(3,4)21(32)12-13-28(24,5)18(19)11-14-29(22,30)6/h9,15,17-18,22-25,33H,8,10-14H2,1-7H3/t17-,18+,22+,23-,24+,25?,28-,29+,30+/m1/s1. The van der Waals surface area contributed by atoms with Gasteiger partial charge in [-0.05, 0) is 68.8 Å². The van der Waals surface area contributed by atoms with E-state index in [1.54, 1.807) is 0 Å². The summed E-state index contributed by atoms with van der Waals surface area (Å²) < 4.78 is 6.09. The molecular formula is C30H42O5. The molecule has 1 N–H and O–H groups in total. The van der Waals surface area contributed by atoms with Gasteiger partial charge in [-0.3, -0.25) is 14.4 Å². The SMILES string of the molecule is CC(C)=CCC[C@H]1C(=O)OC2[C@H](O)[C@H]1[C@]1(C)CC[C@H]3C(=CC(=O)[C@H]4C(C)(C)C(=O)CC[C@]34C)[C@@]21C. The fraction of sp³-hybridized carbons (Fsp3) is 0.767. The zero-order valence-corrected chi connectivity index (χ0v) is 22.4. The van der Waals surface area contributed by atoms with Crippen molar-refractivity contribution in [1.82, 2.24) is 0 Å². The predicted molar refractivity (Wildman–Crippen MR) is 133 cm³/mol. The van der Waals surface area contributed by atoms with Gasteiger partial charge in [-0.25, -0.2) is 0 Å². The van der Waals surface area contributed by atoms with Gasteiger partial charge >= 0.3 is 5.97 Å². The van der Waals surface area contributed by atoms with E-state index in [0.29, 0.717) is 19.3 Å². The van der Waals surface area contributed by atoms with E-state index in [1.165, 1.54) is 5.57 Å². The van der Waals surface area contributed by atoms with Crippen molar-refractivity contribution in [2.75, 3.05) is 0 Å². The minimum atomic E-state index is -0.732. The molecule has 0 aromatic heterocycles. The van der Waals surface area contributed by atoms with Gasteiger partial charge in [0.2, 0.25) is 0 Å².